The van der Waals surface area contributed by atoms with Gasteiger partial charge in [-0.15, -0.1) is 0 Å². The summed E-state index contributed by atoms with van der Waals surface area (Å²) < 4.78 is 25.7. The van der Waals surface area contributed by atoms with Crippen LogP contribution in [0.15, 0.2) is 18.2 Å². The number of anilines is 1. The third-order valence-electron chi connectivity index (χ3n) is 3.03. The number of nitrogens with one attached hydrogen (secondary N) is 2. The van der Waals surface area contributed by atoms with Gasteiger partial charge >= 0.3 is 0 Å². The highest BCUT2D eigenvalue weighted by atomic mass is 32.2. The summed E-state index contributed by atoms with van der Waals surface area (Å²) in [4.78, 5) is 11.2. The summed E-state index contributed by atoms with van der Waals surface area (Å²) in [6, 6.07) is 5.61. The molecule has 0 bridgehead atoms. The number of fused-ring (bicyclic) bond motifs is 1. The highest BCUT2D eigenvalue weighted by molar-refractivity contribution is 7.89. The number of hydrogen-bond donors (Lipinski definition) is 2. The summed E-state index contributed by atoms with van der Waals surface area (Å²) in [6.45, 7) is 2.13. The van der Waals surface area contributed by atoms with E-state index in [1.165, 1.54) is 0 Å². The number of amides is 1. The third kappa shape index (κ3) is 3.78. The van der Waals surface area contributed by atoms with E-state index in [0.29, 0.717) is 25.8 Å². The van der Waals surface area contributed by atoms with E-state index in [2.05, 4.69) is 10.0 Å². The molecule has 1 amide bonds. The first kappa shape index (κ1) is 14.0. The van der Waals surface area contributed by atoms with Crippen LogP contribution in [0.5, 0.6) is 0 Å². The minimum Gasteiger partial charge on any atom is -0.326 e. The fourth-order valence-electron chi connectivity index (χ4n) is 2.08. The minimum absolute atomic E-state index is 0.0314. The maximum absolute atomic E-state index is 11.6. The zero-order valence-corrected chi connectivity index (χ0v) is 11.7. The van der Waals surface area contributed by atoms with Gasteiger partial charge in [0, 0.05) is 18.7 Å². The van der Waals surface area contributed by atoms with Gasteiger partial charge in [0.25, 0.3) is 0 Å². The van der Waals surface area contributed by atoms with Gasteiger partial charge in [0.15, 0.2) is 0 Å². The first-order valence-corrected chi connectivity index (χ1v) is 8.04. The SMILES string of the molecule is CCCS(=O)(=O)NCc1ccc2c(c1)CCC(=O)N2. The lowest BCUT2D eigenvalue weighted by Gasteiger charge is -2.17. The molecular formula is C13H18N2O3S. The lowest BCUT2D eigenvalue weighted by atomic mass is 10.0. The van der Waals surface area contributed by atoms with Crippen LogP contribution in [-0.2, 0) is 27.8 Å². The molecule has 0 spiro atoms. The van der Waals surface area contributed by atoms with Gasteiger partial charge in [-0.1, -0.05) is 19.1 Å². The van der Waals surface area contributed by atoms with Crippen molar-refractivity contribution in [3.63, 3.8) is 0 Å². The molecule has 2 rings (SSSR count). The molecule has 0 aromatic heterocycles. The Bertz CT molecular complexity index is 582. The number of carbonyl (C=O) groups is 1. The molecule has 5 nitrogen and oxygen atoms in total. The van der Waals surface area contributed by atoms with Crippen molar-refractivity contribution in [2.45, 2.75) is 32.7 Å². The van der Waals surface area contributed by atoms with Gasteiger partial charge in [0.2, 0.25) is 15.9 Å². The first-order chi connectivity index (χ1) is 9.00. The van der Waals surface area contributed by atoms with Crippen molar-refractivity contribution in [2.24, 2.45) is 0 Å². The predicted octanol–water partition coefficient (Wildman–Crippen LogP) is 1.40. The monoisotopic (exact) mass is 282 g/mol. The smallest absolute Gasteiger partial charge is 0.224 e. The second-order valence-electron chi connectivity index (χ2n) is 4.68. The Labute approximate surface area is 113 Å². The molecule has 19 heavy (non-hydrogen) atoms. The molecule has 1 aromatic carbocycles. The van der Waals surface area contributed by atoms with Crippen LogP contribution in [0, 0.1) is 0 Å². The molecule has 1 aliphatic heterocycles. The minimum atomic E-state index is -3.18. The van der Waals surface area contributed by atoms with Crippen LogP contribution in [0.4, 0.5) is 5.69 Å². The summed E-state index contributed by atoms with van der Waals surface area (Å²) in [5.74, 6) is 0.178. The van der Waals surface area contributed by atoms with Gasteiger partial charge < -0.3 is 5.32 Å². The van der Waals surface area contributed by atoms with E-state index in [0.717, 1.165) is 16.8 Å². The zero-order chi connectivity index (χ0) is 13.9. The van der Waals surface area contributed by atoms with Crippen LogP contribution in [0.2, 0.25) is 0 Å². The van der Waals surface area contributed by atoms with Gasteiger partial charge in [-0.2, -0.15) is 0 Å². The summed E-state index contributed by atoms with van der Waals surface area (Å²) in [5, 5.41) is 2.80. The van der Waals surface area contributed by atoms with Crippen molar-refractivity contribution in [3.8, 4) is 0 Å². The number of carbonyl (C=O) groups excluding carboxylic acids is 1. The van der Waals surface area contributed by atoms with Gasteiger partial charge in [0.1, 0.15) is 0 Å². The van der Waals surface area contributed by atoms with Crippen LogP contribution in [-0.4, -0.2) is 20.1 Å². The van der Waals surface area contributed by atoms with Gasteiger partial charge in [-0.25, -0.2) is 13.1 Å². The predicted molar refractivity (Wildman–Crippen MR) is 74.3 cm³/mol. The Morgan fingerprint density at radius 2 is 2.11 bits per heavy atom. The number of rotatable bonds is 5. The van der Waals surface area contributed by atoms with Crippen LogP contribution in [0.3, 0.4) is 0 Å². The average molecular weight is 282 g/mol. The molecule has 0 aliphatic carbocycles. The van der Waals surface area contributed by atoms with E-state index in [4.69, 9.17) is 0 Å². The topological polar surface area (TPSA) is 75.3 Å². The summed E-state index contributed by atoms with van der Waals surface area (Å²) >= 11 is 0. The van der Waals surface area contributed by atoms with E-state index >= 15 is 0 Å². The maximum atomic E-state index is 11.6. The Balaban J connectivity index is 2.05. The molecule has 2 N–H and O–H groups in total. The van der Waals surface area contributed by atoms with Crippen molar-refractivity contribution >= 4 is 21.6 Å². The molecule has 0 saturated heterocycles. The van der Waals surface area contributed by atoms with Crippen molar-refractivity contribution in [1.29, 1.82) is 0 Å². The van der Waals surface area contributed by atoms with E-state index in [9.17, 15) is 13.2 Å². The Kier molecular flexibility index (Phi) is 4.21. The average Bonchev–Trinajstić information content (AvgIpc) is 2.36. The van der Waals surface area contributed by atoms with E-state index in [-0.39, 0.29) is 11.7 Å². The Morgan fingerprint density at radius 3 is 2.84 bits per heavy atom. The maximum Gasteiger partial charge on any atom is 0.224 e. The Morgan fingerprint density at radius 1 is 1.32 bits per heavy atom. The molecule has 0 radical (unpaired) electrons. The Hall–Kier alpha value is -1.40. The van der Waals surface area contributed by atoms with E-state index < -0.39 is 10.0 Å². The highest BCUT2D eigenvalue weighted by Gasteiger charge is 2.15. The fraction of sp³-hybridized carbons (Fsp3) is 0.462. The zero-order valence-electron chi connectivity index (χ0n) is 10.9. The van der Waals surface area contributed by atoms with Crippen LogP contribution in [0.1, 0.15) is 30.9 Å². The number of benzene rings is 1. The van der Waals surface area contributed by atoms with Gasteiger partial charge in [-0.3, -0.25) is 4.79 Å². The number of hydrogen-bond acceptors (Lipinski definition) is 3. The van der Waals surface area contributed by atoms with E-state index in [1.807, 2.05) is 25.1 Å². The van der Waals surface area contributed by atoms with Crippen molar-refractivity contribution in [1.82, 2.24) is 4.72 Å². The highest BCUT2D eigenvalue weighted by Crippen LogP contribution is 2.23. The number of sulfonamides is 1. The molecule has 6 heteroatoms. The fourth-order valence-corrected chi connectivity index (χ4v) is 3.15. The molecule has 1 aromatic rings. The molecular weight excluding hydrogens is 264 g/mol. The van der Waals surface area contributed by atoms with Crippen LogP contribution in [0.25, 0.3) is 0 Å². The summed E-state index contributed by atoms with van der Waals surface area (Å²) in [6.07, 6.45) is 1.79. The van der Waals surface area contributed by atoms with Crippen molar-refractivity contribution in [3.05, 3.63) is 29.3 Å². The summed E-state index contributed by atoms with van der Waals surface area (Å²) in [7, 11) is -3.18. The van der Waals surface area contributed by atoms with Crippen molar-refractivity contribution in [2.75, 3.05) is 11.1 Å². The van der Waals surface area contributed by atoms with Gasteiger partial charge in [0.05, 0.1) is 5.75 Å². The normalized spacial score (nSPS) is 14.9. The largest absolute Gasteiger partial charge is 0.326 e. The van der Waals surface area contributed by atoms with Crippen LogP contribution < -0.4 is 10.0 Å². The second-order valence-corrected chi connectivity index (χ2v) is 6.61. The van der Waals surface area contributed by atoms with E-state index in [1.54, 1.807) is 0 Å². The molecule has 0 fully saturated rings. The third-order valence-corrected chi connectivity index (χ3v) is 4.56. The quantitative estimate of drug-likeness (QED) is 0.857. The first-order valence-electron chi connectivity index (χ1n) is 6.39. The second kappa shape index (κ2) is 5.71. The van der Waals surface area contributed by atoms with Gasteiger partial charge in [-0.05, 0) is 30.0 Å². The molecule has 0 saturated carbocycles. The molecule has 104 valence electrons. The van der Waals surface area contributed by atoms with Crippen molar-refractivity contribution < 1.29 is 13.2 Å². The lowest BCUT2D eigenvalue weighted by molar-refractivity contribution is -0.116. The number of aryl methyl sites for hydroxylation is 1. The van der Waals surface area contributed by atoms with Crippen LogP contribution >= 0.6 is 0 Å². The molecule has 1 aliphatic rings. The lowest BCUT2D eigenvalue weighted by Crippen LogP contribution is -2.26. The standard InChI is InChI=1S/C13H18N2O3S/c1-2-7-19(17,18)14-9-10-3-5-12-11(8-10)4-6-13(16)15-12/h3,5,8,14H,2,4,6-7,9H2,1H3,(H,15,16). The molecule has 1 heterocycles. The molecule has 0 atom stereocenters. The molecule has 0 unspecified atom stereocenters. The summed E-state index contributed by atoms with van der Waals surface area (Å²) in [5.41, 5.74) is 2.80.